The first-order chi connectivity index (χ1) is 5.61. The van der Waals surface area contributed by atoms with Gasteiger partial charge >= 0.3 is 13.2 Å². The zero-order valence-electron chi connectivity index (χ0n) is 6.68. The van der Waals surface area contributed by atoms with Crippen LogP contribution in [0.1, 0.15) is 12.8 Å². The smallest absolute Gasteiger partial charge is 0.454 e. The van der Waals surface area contributed by atoms with Crippen molar-refractivity contribution in [2.45, 2.75) is 18.7 Å². The summed E-state index contributed by atoms with van der Waals surface area (Å²) < 4.78 is 0. The van der Waals surface area contributed by atoms with Gasteiger partial charge in [-0.25, -0.2) is 4.79 Å². The Kier molecular flexibility index (Phi) is 2.94. The first-order valence-electron chi connectivity index (χ1n) is 3.95. The number of hydrogen-bond acceptors (Lipinski definition) is 3. The summed E-state index contributed by atoms with van der Waals surface area (Å²) in [6.45, 7) is 0.801. The van der Waals surface area contributed by atoms with Crippen molar-refractivity contribution < 1.29 is 19.9 Å². The summed E-state index contributed by atoms with van der Waals surface area (Å²) in [6, 6.07) is 0. The minimum Gasteiger partial charge on any atom is -0.465 e. The number of amides is 1. The zero-order chi connectivity index (χ0) is 9.14. The van der Waals surface area contributed by atoms with Gasteiger partial charge in [0.2, 0.25) is 0 Å². The number of carboxylic acid groups (broad SMARTS) is 1. The van der Waals surface area contributed by atoms with Crippen LogP contribution in [0.15, 0.2) is 0 Å². The van der Waals surface area contributed by atoms with Crippen LogP contribution < -0.4 is 0 Å². The third-order valence-electron chi connectivity index (χ3n) is 2.23. The molecule has 1 aliphatic rings. The summed E-state index contributed by atoms with van der Waals surface area (Å²) in [5.41, 5.74) is 0. The molecular formula is C6H12BNO4. The summed E-state index contributed by atoms with van der Waals surface area (Å²) in [5.74, 6) is -0.166. The average molecular weight is 173 g/mol. The van der Waals surface area contributed by atoms with Crippen LogP contribution in [0.5, 0.6) is 0 Å². The molecule has 1 aliphatic heterocycles. The normalized spacial score (nSPS) is 19.3. The summed E-state index contributed by atoms with van der Waals surface area (Å²) in [4.78, 5) is 11.7. The number of rotatable bonds is 1. The lowest BCUT2D eigenvalue weighted by atomic mass is 9.68. The van der Waals surface area contributed by atoms with Crippen molar-refractivity contribution in [2.75, 3.05) is 13.1 Å². The molecule has 68 valence electrons. The van der Waals surface area contributed by atoms with E-state index in [9.17, 15) is 4.79 Å². The minimum absolute atomic E-state index is 0.166. The number of nitrogens with zero attached hydrogens (tertiary/aromatic N) is 1. The Balaban J connectivity index is 2.34. The van der Waals surface area contributed by atoms with Gasteiger partial charge in [0.1, 0.15) is 0 Å². The molecule has 0 unspecified atom stereocenters. The van der Waals surface area contributed by atoms with Gasteiger partial charge in [-0.3, -0.25) is 0 Å². The summed E-state index contributed by atoms with van der Waals surface area (Å²) in [7, 11) is -1.30. The van der Waals surface area contributed by atoms with Crippen molar-refractivity contribution in [3.8, 4) is 0 Å². The van der Waals surface area contributed by atoms with Gasteiger partial charge in [-0.2, -0.15) is 0 Å². The molecule has 1 amide bonds. The van der Waals surface area contributed by atoms with E-state index in [-0.39, 0.29) is 5.82 Å². The Hall–Kier alpha value is -0.745. The maximum absolute atomic E-state index is 10.4. The van der Waals surface area contributed by atoms with E-state index >= 15 is 0 Å². The van der Waals surface area contributed by atoms with Crippen LogP contribution in [0.4, 0.5) is 4.79 Å². The molecule has 1 saturated heterocycles. The van der Waals surface area contributed by atoms with Gasteiger partial charge in [0.05, 0.1) is 0 Å². The maximum atomic E-state index is 10.4. The lowest BCUT2D eigenvalue weighted by molar-refractivity contribution is 0.133. The van der Waals surface area contributed by atoms with E-state index in [0.29, 0.717) is 25.9 Å². The fraction of sp³-hybridized carbons (Fsp3) is 0.833. The SMILES string of the molecule is O=C(O)N1CCC(B(O)O)CC1. The van der Waals surface area contributed by atoms with Gasteiger partial charge in [-0.1, -0.05) is 0 Å². The molecule has 0 aromatic carbocycles. The standard InChI is InChI=1S/C6H12BNO4/c9-6(10)8-3-1-5(2-4-8)7(11)12/h5,11-12H,1-4H2,(H,9,10). The lowest BCUT2D eigenvalue weighted by Crippen LogP contribution is -2.39. The molecule has 0 atom stereocenters. The predicted molar refractivity (Wildman–Crippen MR) is 42.8 cm³/mol. The van der Waals surface area contributed by atoms with E-state index in [1.165, 1.54) is 4.90 Å². The first kappa shape index (κ1) is 9.34. The third-order valence-corrected chi connectivity index (χ3v) is 2.23. The molecular weight excluding hydrogens is 161 g/mol. The Morgan fingerprint density at radius 2 is 1.83 bits per heavy atom. The highest BCUT2D eigenvalue weighted by molar-refractivity contribution is 6.43. The van der Waals surface area contributed by atoms with Gasteiger partial charge in [0, 0.05) is 13.1 Å². The van der Waals surface area contributed by atoms with Crippen molar-refractivity contribution in [1.29, 1.82) is 0 Å². The average Bonchev–Trinajstić information content (AvgIpc) is 2.04. The largest absolute Gasteiger partial charge is 0.465 e. The Morgan fingerprint density at radius 3 is 2.17 bits per heavy atom. The molecule has 0 saturated carbocycles. The first-order valence-corrected chi connectivity index (χ1v) is 3.95. The second kappa shape index (κ2) is 3.77. The van der Waals surface area contributed by atoms with Crippen molar-refractivity contribution in [2.24, 2.45) is 0 Å². The lowest BCUT2D eigenvalue weighted by Gasteiger charge is -2.29. The fourth-order valence-electron chi connectivity index (χ4n) is 1.39. The quantitative estimate of drug-likeness (QED) is 0.471. The highest BCUT2D eigenvalue weighted by Crippen LogP contribution is 2.23. The van der Waals surface area contributed by atoms with Gasteiger partial charge in [-0.15, -0.1) is 0 Å². The van der Waals surface area contributed by atoms with Crippen molar-refractivity contribution >= 4 is 13.2 Å². The summed E-state index contributed by atoms with van der Waals surface area (Å²) >= 11 is 0. The molecule has 0 radical (unpaired) electrons. The second-order valence-electron chi connectivity index (χ2n) is 3.02. The number of piperidine rings is 1. The molecule has 0 aromatic heterocycles. The van der Waals surface area contributed by atoms with Crippen molar-refractivity contribution in [3.05, 3.63) is 0 Å². The Bertz CT molecular complexity index is 167. The van der Waals surface area contributed by atoms with Crippen LogP contribution >= 0.6 is 0 Å². The minimum atomic E-state index is -1.30. The van der Waals surface area contributed by atoms with E-state index in [2.05, 4.69) is 0 Å². The molecule has 12 heavy (non-hydrogen) atoms. The van der Waals surface area contributed by atoms with Gasteiger partial charge < -0.3 is 20.1 Å². The predicted octanol–water partition coefficient (Wildman–Crippen LogP) is -0.397. The molecule has 6 heteroatoms. The van der Waals surface area contributed by atoms with Crippen LogP contribution in [0.25, 0.3) is 0 Å². The van der Waals surface area contributed by atoms with Gasteiger partial charge in [0.15, 0.2) is 0 Å². The van der Waals surface area contributed by atoms with Crippen molar-refractivity contribution in [3.63, 3.8) is 0 Å². The fourth-order valence-corrected chi connectivity index (χ4v) is 1.39. The summed E-state index contributed by atoms with van der Waals surface area (Å²) in [6.07, 6.45) is 0.134. The van der Waals surface area contributed by atoms with Crippen LogP contribution in [0.3, 0.4) is 0 Å². The van der Waals surface area contributed by atoms with E-state index in [0.717, 1.165) is 0 Å². The van der Waals surface area contributed by atoms with Crippen LogP contribution in [0.2, 0.25) is 5.82 Å². The number of carbonyl (C=O) groups is 1. The van der Waals surface area contributed by atoms with Gasteiger partial charge in [0.25, 0.3) is 0 Å². The molecule has 0 aliphatic carbocycles. The van der Waals surface area contributed by atoms with E-state index < -0.39 is 13.2 Å². The Labute approximate surface area is 70.8 Å². The van der Waals surface area contributed by atoms with Crippen LogP contribution in [-0.2, 0) is 0 Å². The van der Waals surface area contributed by atoms with E-state index in [4.69, 9.17) is 15.2 Å². The van der Waals surface area contributed by atoms with Crippen molar-refractivity contribution in [1.82, 2.24) is 4.90 Å². The molecule has 1 rings (SSSR count). The number of likely N-dealkylation sites (tertiary alicyclic amines) is 1. The topological polar surface area (TPSA) is 81.0 Å². The molecule has 0 aromatic rings. The van der Waals surface area contributed by atoms with E-state index in [1.807, 2.05) is 0 Å². The molecule has 0 bridgehead atoms. The zero-order valence-corrected chi connectivity index (χ0v) is 6.68. The molecule has 5 nitrogen and oxygen atoms in total. The van der Waals surface area contributed by atoms with Gasteiger partial charge in [-0.05, 0) is 18.7 Å². The highest BCUT2D eigenvalue weighted by atomic mass is 16.4. The number of hydrogen-bond donors (Lipinski definition) is 3. The maximum Gasteiger partial charge on any atom is 0.454 e. The summed E-state index contributed by atoms with van der Waals surface area (Å²) in [5, 5.41) is 26.1. The third kappa shape index (κ3) is 2.12. The monoisotopic (exact) mass is 173 g/mol. The molecule has 1 heterocycles. The van der Waals surface area contributed by atoms with E-state index in [1.54, 1.807) is 0 Å². The molecule has 3 N–H and O–H groups in total. The van der Waals surface area contributed by atoms with Crippen LogP contribution in [-0.4, -0.2) is 46.4 Å². The molecule has 1 fully saturated rings. The highest BCUT2D eigenvalue weighted by Gasteiger charge is 2.29. The molecule has 0 spiro atoms. The van der Waals surface area contributed by atoms with Crippen LogP contribution in [0, 0.1) is 0 Å². The second-order valence-corrected chi connectivity index (χ2v) is 3.02. The Morgan fingerprint density at radius 1 is 1.33 bits per heavy atom.